The van der Waals surface area contributed by atoms with E-state index in [-0.39, 0.29) is 0 Å². The monoisotopic (exact) mass is 146 g/mol. The van der Waals surface area contributed by atoms with Gasteiger partial charge in [0, 0.05) is 11.9 Å². The molecule has 0 aliphatic carbocycles. The van der Waals surface area contributed by atoms with Crippen molar-refractivity contribution in [3.63, 3.8) is 0 Å². The highest BCUT2D eigenvalue weighted by Crippen LogP contribution is 2.08. The first-order valence-corrected chi connectivity index (χ1v) is 3.40. The van der Waals surface area contributed by atoms with Gasteiger partial charge in [-0.3, -0.25) is 9.98 Å². The van der Waals surface area contributed by atoms with Gasteiger partial charge >= 0.3 is 0 Å². The van der Waals surface area contributed by atoms with Crippen LogP contribution in [0.1, 0.15) is 5.69 Å². The average Bonchev–Trinajstić information content (AvgIpc) is 2.04. The molecule has 2 heteroatoms. The fraction of sp³-hybridized carbons (Fsp3) is 0.111. The van der Waals surface area contributed by atoms with Crippen molar-refractivity contribution in [1.82, 2.24) is 4.98 Å². The van der Waals surface area contributed by atoms with E-state index in [1.165, 1.54) is 0 Å². The van der Waals surface area contributed by atoms with Gasteiger partial charge in [-0.05, 0) is 19.1 Å². The fourth-order valence-electron chi connectivity index (χ4n) is 0.675. The summed E-state index contributed by atoms with van der Waals surface area (Å²) in [6, 6.07) is 3.85. The SMILES string of the molecule is C=CC=Nc1ccc(C)nc1. The molecule has 56 valence electrons. The third kappa shape index (κ3) is 2.34. The van der Waals surface area contributed by atoms with E-state index in [4.69, 9.17) is 0 Å². The smallest absolute Gasteiger partial charge is 0.0813 e. The molecule has 2 nitrogen and oxygen atoms in total. The highest BCUT2D eigenvalue weighted by molar-refractivity contribution is 5.73. The molecule has 0 unspecified atom stereocenters. The average molecular weight is 146 g/mol. The molecule has 0 aliphatic rings. The van der Waals surface area contributed by atoms with Crippen LogP contribution in [0.5, 0.6) is 0 Å². The van der Waals surface area contributed by atoms with Crippen LogP contribution in [0.25, 0.3) is 0 Å². The molecule has 0 saturated carbocycles. The minimum absolute atomic E-state index is 0.857. The zero-order valence-corrected chi connectivity index (χ0v) is 6.49. The first kappa shape index (κ1) is 7.66. The van der Waals surface area contributed by atoms with Gasteiger partial charge in [0.05, 0.1) is 11.9 Å². The van der Waals surface area contributed by atoms with E-state index in [1.54, 1.807) is 18.5 Å². The molecule has 0 aromatic carbocycles. The number of rotatable bonds is 2. The second-order valence-electron chi connectivity index (χ2n) is 2.17. The molecule has 1 aromatic rings. The first-order valence-electron chi connectivity index (χ1n) is 3.40. The van der Waals surface area contributed by atoms with Crippen LogP contribution in [-0.2, 0) is 0 Å². The van der Waals surface area contributed by atoms with Crippen molar-refractivity contribution in [1.29, 1.82) is 0 Å². The Morgan fingerprint density at radius 1 is 1.55 bits per heavy atom. The van der Waals surface area contributed by atoms with Gasteiger partial charge in [-0.25, -0.2) is 0 Å². The summed E-state index contributed by atoms with van der Waals surface area (Å²) in [5.74, 6) is 0. The zero-order valence-electron chi connectivity index (χ0n) is 6.49. The molecule has 0 atom stereocenters. The Kier molecular flexibility index (Phi) is 2.55. The normalized spacial score (nSPS) is 10.3. The maximum absolute atomic E-state index is 4.08. The zero-order chi connectivity index (χ0) is 8.10. The third-order valence-electron chi connectivity index (χ3n) is 1.22. The van der Waals surface area contributed by atoms with E-state index in [0.717, 1.165) is 11.4 Å². The second kappa shape index (κ2) is 3.66. The van der Waals surface area contributed by atoms with Crippen molar-refractivity contribution in [2.45, 2.75) is 6.92 Å². The van der Waals surface area contributed by atoms with Crippen LogP contribution in [-0.4, -0.2) is 11.2 Å². The number of hydrogen-bond acceptors (Lipinski definition) is 2. The van der Waals surface area contributed by atoms with Gasteiger partial charge in [-0.1, -0.05) is 12.7 Å². The van der Waals surface area contributed by atoms with Crippen LogP contribution < -0.4 is 0 Å². The van der Waals surface area contributed by atoms with Crippen LogP contribution in [0.4, 0.5) is 5.69 Å². The summed E-state index contributed by atoms with van der Waals surface area (Å²) in [4.78, 5) is 8.14. The molecule has 0 spiro atoms. The van der Waals surface area contributed by atoms with E-state index >= 15 is 0 Å². The molecule has 0 saturated heterocycles. The number of nitrogens with zero attached hydrogens (tertiary/aromatic N) is 2. The van der Waals surface area contributed by atoms with E-state index in [1.807, 2.05) is 19.1 Å². The van der Waals surface area contributed by atoms with Gasteiger partial charge in [0.15, 0.2) is 0 Å². The Morgan fingerprint density at radius 3 is 2.91 bits per heavy atom. The molecule has 1 heterocycles. The summed E-state index contributed by atoms with van der Waals surface area (Å²) >= 11 is 0. The Hall–Kier alpha value is -1.44. The van der Waals surface area contributed by atoms with Gasteiger partial charge in [-0.2, -0.15) is 0 Å². The van der Waals surface area contributed by atoms with Crippen molar-refractivity contribution >= 4 is 11.9 Å². The standard InChI is InChI=1S/C9H10N2/c1-3-6-10-9-5-4-8(2)11-7-9/h3-7H,1H2,2H3. The Bertz CT molecular complexity index is 259. The number of allylic oxidation sites excluding steroid dienone is 1. The molecule has 0 aliphatic heterocycles. The van der Waals surface area contributed by atoms with E-state index in [2.05, 4.69) is 16.6 Å². The highest BCUT2D eigenvalue weighted by atomic mass is 14.8. The summed E-state index contributed by atoms with van der Waals surface area (Å²) in [6.45, 7) is 5.47. The molecule has 0 fully saturated rings. The van der Waals surface area contributed by atoms with Crippen LogP contribution >= 0.6 is 0 Å². The largest absolute Gasteiger partial charge is 0.259 e. The predicted octanol–water partition coefficient (Wildman–Crippen LogP) is 2.28. The highest BCUT2D eigenvalue weighted by Gasteiger charge is 1.85. The molecular formula is C9H10N2. The van der Waals surface area contributed by atoms with Crippen molar-refractivity contribution in [3.8, 4) is 0 Å². The lowest BCUT2D eigenvalue weighted by Gasteiger charge is -1.91. The third-order valence-corrected chi connectivity index (χ3v) is 1.22. The summed E-state index contributed by atoms with van der Waals surface area (Å²) in [7, 11) is 0. The molecular weight excluding hydrogens is 136 g/mol. The minimum Gasteiger partial charge on any atom is -0.259 e. The molecule has 11 heavy (non-hydrogen) atoms. The van der Waals surface area contributed by atoms with Crippen molar-refractivity contribution < 1.29 is 0 Å². The summed E-state index contributed by atoms with van der Waals surface area (Å²) in [5.41, 5.74) is 1.86. The van der Waals surface area contributed by atoms with Crippen LogP contribution in [0, 0.1) is 6.92 Å². The molecule has 0 radical (unpaired) electrons. The fourth-order valence-corrected chi connectivity index (χ4v) is 0.675. The summed E-state index contributed by atoms with van der Waals surface area (Å²) < 4.78 is 0. The van der Waals surface area contributed by atoms with E-state index in [9.17, 15) is 0 Å². The van der Waals surface area contributed by atoms with Gasteiger partial charge in [0.2, 0.25) is 0 Å². The number of aryl methyl sites for hydroxylation is 1. The molecule has 0 bridgehead atoms. The van der Waals surface area contributed by atoms with Crippen molar-refractivity contribution in [2.75, 3.05) is 0 Å². The van der Waals surface area contributed by atoms with Gasteiger partial charge in [0.25, 0.3) is 0 Å². The van der Waals surface area contributed by atoms with Crippen molar-refractivity contribution in [2.24, 2.45) is 4.99 Å². The Morgan fingerprint density at radius 2 is 2.36 bits per heavy atom. The van der Waals surface area contributed by atoms with Gasteiger partial charge in [-0.15, -0.1) is 0 Å². The summed E-state index contributed by atoms with van der Waals surface area (Å²) in [6.07, 6.45) is 5.02. The minimum atomic E-state index is 0.857. The second-order valence-corrected chi connectivity index (χ2v) is 2.17. The first-order chi connectivity index (χ1) is 5.33. The van der Waals surface area contributed by atoms with E-state index in [0.29, 0.717) is 0 Å². The van der Waals surface area contributed by atoms with E-state index < -0.39 is 0 Å². The molecule has 0 N–H and O–H groups in total. The van der Waals surface area contributed by atoms with Crippen LogP contribution in [0.15, 0.2) is 36.0 Å². The lowest BCUT2D eigenvalue weighted by atomic mass is 10.3. The maximum atomic E-state index is 4.08. The van der Waals surface area contributed by atoms with Gasteiger partial charge < -0.3 is 0 Å². The number of aliphatic imine (C=N–C) groups is 1. The lowest BCUT2D eigenvalue weighted by Crippen LogP contribution is -1.76. The van der Waals surface area contributed by atoms with Crippen LogP contribution in [0.2, 0.25) is 0 Å². The number of aromatic nitrogens is 1. The number of hydrogen-bond donors (Lipinski definition) is 0. The predicted molar refractivity (Wildman–Crippen MR) is 47.3 cm³/mol. The molecule has 0 amide bonds. The molecule has 1 rings (SSSR count). The Balaban J connectivity index is 2.81. The lowest BCUT2D eigenvalue weighted by molar-refractivity contribution is 1.19. The number of pyridine rings is 1. The van der Waals surface area contributed by atoms with Crippen molar-refractivity contribution in [3.05, 3.63) is 36.7 Å². The maximum Gasteiger partial charge on any atom is 0.0813 e. The van der Waals surface area contributed by atoms with Crippen LogP contribution in [0.3, 0.4) is 0 Å². The topological polar surface area (TPSA) is 25.2 Å². The quantitative estimate of drug-likeness (QED) is 0.587. The summed E-state index contributed by atoms with van der Waals surface area (Å²) in [5, 5.41) is 0. The molecule has 1 aromatic heterocycles. The Labute approximate surface area is 66.3 Å². The van der Waals surface area contributed by atoms with Gasteiger partial charge in [0.1, 0.15) is 0 Å².